The topological polar surface area (TPSA) is 174 Å². The van der Waals surface area contributed by atoms with E-state index in [1.165, 1.54) is 38.5 Å². The first-order valence-corrected chi connectivity index (χ1v) is 21.9. The van der Waals surface area contributed by atoms with Crippen molar-refractivity contribution in [3.8, 4) is 0 Å². The van der Waals surface area contributed by atoms with Crippen molar-refractivity contribution in [2.75, 3.05) is 34.4 Å². The number of aromatic amines is 1. The predicted octanol–water partition coefficient (Wildman–Crippen LogP) is 4.55. The van der Waals surface area contributed by atoms with E-state index in [-0.39, 0.29) is 68.2 Å². The number of hydrogen-bond donors (Lipinski definition) is 5. The number of aromatic nitrogens is 1. The molecule has 2 fully saturated rings. The Morgan fingerprint density at radius 2 is 1.48 bits per heavy atom. The molecule has 2 aliphatic heterocycles. The first-order valence-electron chi connectivity index (χ1n) is 21.9. The molecule has 0 radical (unpaired) electrons. The summed E-state index contributed by atoms with van der Waals surface area (Å²) in [5, 5.41) is 29.6. The largest absolute Gasteiger partial charge is 0.391 e. The van der Waals surface area contributed by atoms with Gasteiger partial charge in [-0.25, -0.2) is 8.78 Å². The summed E-state index contributed by atoms with van der Waals surface area (Å²) in [5.41, 5.74) is 4.74. The molecule has 3 amide bonds. The summed E-state index contributed by atoms with van der Waals surface area (Å²) in [5.74, 6) is -3.16. The fourth-order valence-corrected chi connectivity index (χ4v) is 9.33. The Kier molecular flexibility index (Phi) is 15.1. The highest BCUT2D eigenvalue weighted by atomic mass is 19.1. The van der Waals surface area contributed by atoms with Crippen LogP contribution in [0, 0.1) is 23.5 Å². The number of aliphatic hydroxyl groups is 2. The molecule has 6 rings (SSSR count). The van der Waals surface area contributed by atoms with E-state index in [4.69, 9.17) is 9.47 Å². The summed E-state index contributed by atoms with van der Waals surface area (Å²) in [7, 11) is 4.64. The van der Waals surface area contributed by atoms with Crippen molar-refractivity contribution >= 4 is 45.6 Å². The number of benzene rings is 2. The zero-order chi connectivity index (χ0) is 45.2. The van der Waals surface area contributed by atoms with Crippen molar-refractivity contribution < 1.29 is 47.6 Å². The average molecular weight is 864 g/mol. The van der Waals surface area contributed by atoms with Crippen LogP contribution in [-0.4, -0.2) is 131 Å². The molecule has 1 aliphatic carbocycles. The molecular weight excluding hydrogens is 801 g/mol. The van der Waals surface area contributed by atoms with Gasteiger partial charge in [-0.2, -0.15) is 0 Å². The number of fused-ring (bicyclic) bond motifs is 2. The quantitative estimate of drug-likeness (QED) is 0.123. The van der Waals surface area contributed by atoms with Gasteiger partial charge in [-0.3, -0.25) is 19.2 Å². The minimum Gasteiger partial charge on any atom is -0.391 e. The number of Topliss-reactive ketones (excluding diaryl/α,β-unsaturated/α-hetero) is 1. The number of likely N-dealkylation sites (tertiary alicyclic amines) is 2. The van der Waals surface area contributed by atoms with E-state index in [1.807, 2.05) is 6.92 Å². The molecule has 3 heterocycles. The number of carbonyl (C=O) groups excluding carboxylic acids is 4. The molecule has 2 aromatic carbocycles. The molecule has 0 bridgehead atoms. The number of H-pyrrole nitrogens is 1. The van der Waals surface area contributed by atoms with Crippen LogP contribution < -0.4 is 10.6 Å². The monoisotopic (exact) mass is 863 g/mol. The van der Waals surface area contributed by atoms with E-state index in [1.54, 1.807) is 56.7 Å². The number of methoxy groups -OCH3 is 2. The number of nitrogens with one attached hydrogen (secondary N) is 3. The molecule has 3 aliphatic rings. The molecule has 5 N–H and O–H groups in total. The van der Waals surface area contributed by atoms with Gasteiger partial charge in [0, 0.05) is 62.7 Å². The maximum atomic E-state index is 14.9. The SMILES string of the molecule is CC[C@@H](C)C(=O)N[C@H](C(=O)N1CC[C@H](O)[C@H]1CC1=C(c2[nH]c3cc(F)ccc3c2C[C@@H]2[C@@H](O)CCN2C(=O)[C@@H](CC(=O)[C@H](C)NC)[C@@H](C)OC)Cc2cc(F)ccc21)[C@@H](C)OC. The van der Waals surface area contributed by atoms with Crippen LogP contribution in [0.5, 0.6) is 0 Å². The van der Waals surface area contributed by atoms with Crippen molar-refractivity contribution in [2.24, 2.45) is 11.8 Å². The minimum atomic E-state index is -1.01. The fourth-order valence-electron chi connectivity index (χ4n) is 9.33. The van der Waals surface area contributed by atoms with Crippen molar-refractivity contribution in [2.45, 2.75) is 128 Å². The number of carbonyl (C=O) groups is 4. The normalized spacial score (nSPS) is 23.0. The zero-order valence-electron chi connectivity index (χ0n) is 37.1. The zero-order valence-corrected chi connectivity index (χ0v) is 37.1. The Bertz CT molecular complexity index is 2180. The number of likely N-dealkylation sites (N-methyl/N-ethyl adjacent to an activating group) is 1. The van der Waals surface area contributed by atoms with Crippen LogP contribution in [-0.2, 0) is 41.5 Å². The number of ether oxygens (including phenoxy) is 2. The van der Waals surface area contributed by atoms with Gasteiger partial charge in [0.25, 0.3) is 0 Å². The average Bonchev–Trinajstić information content (AvgIpc) is 4.02. The Hall–Kier alpha value is -4.54. The number of amides is 3. The molecule has 1 aromatic heterocycles. The summed E-state index contributed by atoms with van der Waals surface area (Å²) in [6.45, 7) is 9.36. The van der Waals surface area contributed by atoms with Crippen LogP contribution in [0.15, 0.2) is 36.4 Å². The van der Waals surface area contributed by atoms with Crippen LogP contribution in [0.2, 0.25) is 0 Å². The Labute approximate surface area is 362 Å². The molecular formula is C47H63F2N5O8. The smallest absolute Gasteiger partial charge is 0.248 e. The molecule has 15 heteroatoms. The molecule has 2 saturated heterocycles. The summed E-state index contributed by atoms with van der Waals surface area (Å²) >= 11 is 0. The van der Waals surface area contributed by atoms with Gasteiger partial charge in [-0.1, -0.05) is 19.9 Å². The molecule has 3 aromatic rings. The summed E-state index contributed by atoms with van der Waals surface area (Å²) in [6.07, 6.45) is -1.37. The van der Waals surface area contributed by atoms with Crippen LogP contribution in [0.4, 0.5) is 8.78 Å². The number of rotatable bonds is 18. The maximum Gasteiger partial charge on any atom is 0.248 e. The summed E-state index contributed by atoms with van der Waals surface area (Å²) in [4.78, 5) is 61.8. The van der Waals surface area contributed by atoms with Crippen molar-refractivity contribution in [3.63, 3.8) is 0 Å². The van der Waals surface area contributed by atoms with E-state index in [9.17, 15) is 38.2 Å². The van der Waals surface area contributed by atoms with Gasteiger partial charge in [-0.15, -0.1) is 0 Å². The Morgan fingerprint density at radius 3 is 2.11 bits per heavy atom. The number of allylic oxidation sites excluding steroid dienone is 1. The molecule has 0 saturated carbocycles. The van der Waals surface area contributed by atoms with Gasteiger partial charge in [0.2, 0.25) is 17.7 Å². The lowest BCUT2D eigenvalue weighted by atomic mass is 9.90. The van der Waals surface area contributed by atoms with Crippen molar-refractivity contribution in [1.82, 2.24) is 25.4 Å². The third kappa shape index (κ3) is 9.52. The van der Waals surface area contributed by atoms with Crippen molar-refractivity contribution in [3.05, 3.63) is 70.4 Å². The van der Waals surface area contributed by atoms with Crippen LogP contribution in [0.1, 0.15) is 89.1 Å². The first kappa shape index (κ1) is 47.0. The van der Waals surface area contributed by atoms with Gasteiger partial charge < -0.3 is 45.1 Å². The van der Waals surface area contributed by atoms with E-state index >= 15 is 0 Å². The standard InChI is InChI=1S/C47H63F2N5O8/c1-9-24(2)45(58)52-43(27(5)62-8)47(60)54-17-15-40(55)38(54)21-34-31-12-10-29(48)18-28(31)19-35(34)44-36(32-13-11-30(49)20-37(32)51-44)22-39-41(56)14-16-53(39)46(59)33(26(4)61-7)23-42(57)25(3)50-6/h10-13,18,20,24-27,33,38-41,43,50-51,55-56H,9,14-17,19,21-23H2,1-8H3,(H,52,58)/t24-,25+,26-,27-,33+,38-,39-,40+,41+,43+/m1/s1. The maximum absolute atomic E-state index is 14.9. The molecule has 0 spiro atoms. The van der Waals surface area contributed by atoms with Crippen LogP contribution in [0.3, 0.4) is 0 Å². The minimum absolute atomic E-state index is 0.0558. The third-order valence-electron chi connectivity index (χ3n) is 13.8. The third-order valence-corrected chi connectivity index (χ3v) is 13.8. The molecule has 13 nitrogen and oxygen atoms in total. The highest BCUT2D eigenvalue weighted by Crippen LogP contribution is 2.45. The predicted molar refractivity (Wildman–Crippen MR) is 232 cm³/mol. The number of aliphatic hydroxyl groups excluding tert-OH is 2. The Balaban J connectivity index is 1.42. The molecule has 338 valence electrons. The van der Waals surface area contributed by atoms with Gasteiger partial charge >= 0.3 is 0 Å². The number of ketones is 1. The van der Waals surface area contributed by atoms with Gasteiger partial charge in [0.15, 0.2) is 0 Å². The lowest BCUT2D eigenvalue weighted by Crippen LogP contribution is -2.56. The lowest BCUT2D eigenvalue weighted by Gasteiger charge is -2.33. The second kappa shape index (κ2) is 19.9. The van der Waals surface area contributed by atoms with Gasteiger partial charge in [-0.05, 0) is 118 Å². The number of halogens is 2. The molecule has 0 unspecified atom stereocenters. The van der Waals surface area contributed by atoms with Crippen molar-refractivity contribution in [1.29, 1.82) is 0 Å². The lowest BCUT2D eigenvalue weighted by molar-refractivity contribution is -0.144. The fraction of sp³-hybridized carbons (Fsp3) is 0.574. The molecule has 10 atom stereocenters. The van der Waals surface area contributed by atoms with E-state index < -0.39 is 66.1 Å². The van der Waals surface area contributed by atoms with E-state index in [2.05, 4.69) is 15.6 Å². The van der Waals surface area contributed by atoms with Gasteiger partial charge in [0.1, 0.15) is 23.5 Å². The second-order valence-electron chi connectivity index (χ2n) is 17.4. The first-order chi connectivity index (χ1) is 29.5. The number of hydrogen-bond acceptors (Lipinski definition) is 9. The van der Waals surface area contributed by atoms with E-state index in [0.29, 0.717) is 47.0 Å². The highest BCUT2D eigenvalue weighted by Gasteiger charge is 2.44. The summed E-state index contributed by atoms with van der Waals surface area (Å²) < 4.78 is 41.0. The Morgan fingerprint density at radius 1 is 0.871 bits per heavy atom. The van der Waals surface area contributed by atoms with Crippen LogP contribution in [0.25, 0.3) is 22.0 Å². The number of nitrogens with zero attached hydrogens (tertiary/aromatic N) is 2. The van der Waals surface area contributed by atoms with Gasteiger partial charge in [0.05, 0.1) is 48.5 Å². The summed E-state index contributed by atoms with van der Waals surface area (Å²) in [6, 6.07) is 6.01. The molecule has 62 heavy (non-hydrogen) atoms. The van der Waals surface area contributed by atoms with Crippen LogP contribution >= 0.6 is 0 Å². The van der Waals surface area contributed by atoms with E-state index in [0.717, 1.165) is 16.7 Å². The highest BCUT2D eigenvalue weighted by molar-refractivity contribution is 6.01. The second-order valence-corrected chi connectivity index (χ2v) is 17.4.